The van der Waals surface area contributed by atoms with Gasteiger partial charge >= 0.3 is 0 Å². The van der Waals surface area contributed by atoms with Gasteiger partial charge in [0.15, 0.2) is 0 Å². The molecule has 0 saturated heterocycles. The van der Waals surface area contributed by atoms with Crippen LogP contribution in [0, 0.1) is 0 Å². The molecule has 0 fully saturated rings. The van der Waals surface area contributed by atoms with Crippen LogP contribution >= 0.6 is 12.2 Å². The lowest BCUT2D eigenvalue weighted by molar-refractivity contribution is 1.14. The summed E-state index contributed by atoms with van der Waals surface area (Å²) in [4.78, 5) is 14.7. The minimum atomic E-state index is -0.250. The van der Waals surface area contributed by atoms with Crippen molar-refractivity contribution in [1.82, 2.24) is 4.98 Å². The van der Waals surface area contributed by atoms with Gasteiger partial charge in [-0.15, -0.1) is 0 Å². The molecule has 3 N–H and O–H groups in total. The lowest BCUT2D eigenvalue weighted by Crippen LogP contribution is -2.22. The third-order valence-corrected chi connectivity index (χ3v) is 3.07. The van der Waals surface area contributed by atoms with Crippen LogP contribution in [0.1, 0.15) is 18.1 Å². The summed E-state index contributed by atoms with van der Waals surface area (Å²) in [7, 11) is 0. The van der Waals surface area contributed by atoms with Crippen molar-refractivity contribution in [2.75, 3.05) is 0 Å². The zero-order chi connectivity index (χ0) is 13.1. The van der Waals surface area contributed by atoms with Crippen LogP contribution in [0.3, 0.4) is 0 Å². The number of thiocarbonyl (C=S) groups is 1. The molecule has 0 atom stereocenters. The first kappa shape index (κ1) is 12.5. The second kappa shape index (κ2) is 5.14. The van der Waals surface area contributed by atoms with Gasteiger partial charge in [0.05, 0.1) is 5.56 Å². The minimum Gasteiger partial charge on any atom is -0.389 e. The van der Waals surface area contributed by atoms with E-state index in [1.807, 2.05) is 18.2 Å². The summed E-state index contributed by atoms with van der Waals surface area (Å²) >= 11 is 4.80. The third-order valence-electron chi connectivity index (χ3n) is 2.85. The van der Waals surface area contributed by atoms with Gasteiger partial charge in [-0.25, -0.2) is 0 Å². The Labute approximate surface area is 111 Å². The summed E-state index contributed by atoms with van der Waals surface area (Å²) in [6, 6.07) is 11.6. The number of hydrogen-bond donors (Lipinski definition) is 2. The van der Waals surface area contributed by atoms with Gasteiger partial charge in [-0.05, 0) is 29.7 Å². The van der Waals surface area contributed by atoms with Crippen LogP contribution in [-0.4, -0.2) is 9.97 Å². The third kappa shape index (κ3) is 2.49. The fraction of sp³-hybridized carbons (Fsp3) is 0.143. The Morgan fingerprint density at radius 1 is 1.22 bits per heavy atom. The van der Waals surface area contributed by atoms with Crippen molar-refractivity contribution in [3.63, 3.8) is 0 Å². The Morgan fingerprint density at radius 3 is 2.39 bits per heavy atom. The smallest absolute Gasteiger partial charge is 0.258 e. The molecule has 1 aromatic carbocycles. The highest BCUT2D eigenvalue weighted by atomic mass is 32.1. The summed E-state index contributed by atoms with van der Waals surface area (Å²) in [5.41, 5.74) is 8.55. The van der Waals surface area contributed by atoms with Gasteiger partial charge in [-0.3, -0.25) is 4.79 Å². The first-order chi connectivity index (χ1) is 8.61. The van der Waals surface area contributed by atoms with E-state index in [2.05, 4.69) is 24.0 Å². The molecule has 0 aliphatic rings. The number of aromatic amines is 1. The van der Waals surface area contributed by atoms with E-state index in [1.165, 1.54) is 5.56 Å². The zero-order valence-corrected chi connectivity index (χ0v) is 10.9. The highest BCUT2D eigenvalue weighted by molar-refractivity contribution is 7.80. The Hall–Kier alpha value is -1.94. The molecule has 0 amide bonds. The normalized spacial score (nSPS) is 10.3. The predicted molar refractivity (Wildman–Crippen MR) is 77.8 cm³/mol. The van der Waals surface area contributed by atoms with E-state index in [1.54, 1.807) is 6.07 Å². The van der Waals surface area contributed by atoms with E-state index >= 15 is 0 Å². The molecule has 0 aliphatic carbocycles. The van der Waals surface area contributed by atoms with Crippen LogP contribution in [0.15, 0.2) is 41.2 Å². The summed E-state index contributed by atoms with van der Waals surface area (Å²) in [6.07, 6.45) is 0.997. The number of hydrogen-bond acceptors (Lipinski definition) is 2. The average molecular weight is 258 g/mol. The standard InChI is InChI=1S/C14H14N2OS/c1-2-9-3-5-10(6-4-9)12-8-7-11(13(15)18)14(17)16-12/h3-8H,2H2,1H3,(H2,15,18)(H,16,17). The molecule has 2 rings (SSSR count). The van der Waals surface area contributed by atoms with E-state index in [-0.39, 0.29) is 10.5 Å². The van der Waals surface area contributed by atoms with Crippen LogP contribution < -0.4 is 11.3 Å². The maximum absolute atomic E-state index is 11.8. The van der Waals surface area contributed by atoms with Crippen molar-refractivity contribution in [1.29, 1.82) is 0 Å². The minimum absolute atomic E-state index is 0.115. The SMILES string of the molecule is CCc1ccc(-c2ccc(C(N)=S)c(=O)[nH]2)cc1. The lowest BCUT2D eigenvalue weighted by Gasteiger charge is -2.04. The van der Waals surface area contributed by atoms with Crippen molar-refractivity contribution < 1.29 is 0 Å². The second-order valence-corrected chi connectivity index (χ2v) is 4.47. The molecule has 0 unspecified atom stereocenters. The number of H-pyrrole nitrogens is 1. The monoisotopic (exact) mass is 258 g/mol. The van der Waals surface area contributed by atoms with E-state index < -0.39 is 0 Å². The molecule has 4 heteroatoms. The maximum atomic E-state index is 11.8. The quantitative estimate of drug-likeness (QED) is 0.830. The van der Waals surface area contributed by atoms with E-state index in [9.17, 15) is 4.79 Å². The average Bonchev–Trinajstić information content (AvgIpc) is 2.38. The predicted octanol–water partition coefficient (Wildman–Crippen LogP) is 2.24. The molecular formula is C14H14N2OS. The van der Waals surface area contributed by atoms with Crippen molar-refractivity contribution in [2.45, 2.75) is 13.3 Å². The largest absolute Gasteiger partial charge is 0.389 e. The summed E-state index contributed by atoms with van der Waals surface area (Å²) < 4.78 is 0. The molecule has 0 spiro atoms. The molecule has 1 aromatic heterocycles. The number of aromatic nitrogens is 1. The van der Waals surface area contributed by atoms with Gasteiger partial charge in [0.1, 0.15) is 4.99 Å². The zero-order valence-electron chi connectivity index (χ0n) is 10.1. The first-order valence-corrected chi connectivity index (χ1v) is 6.15. The Bertz CT molecular complexity index is 629. The molecule has 0 aliphatic heterocycles. The molecular weight excluding hydrogens is 244 g/mol. The number of nitrogens with two attached hydrogens (primary N) is 1. The Morgan fingerprint density at radius 2 is 1.89 bits per heavy atom. The highest BCUT2D eigenvalue weighted by Crippen LogP contribution is 2.16. The Balaban J connectivity index is 2.42. The fourth-order valence-electron chi connectivity index (χ4n) is 1.76. The molecule has 3 nitrogen and oxygen atoms in total. The summed E-state index contributed by atoms with van der Waals surface area (Å²) in [6.45, 7) is 2.11. The molecule has 0 radical (unpaired) electrons. The summed E-state index contributed by atoms with van der Waals surface area (Å²) in [5.74, 6) is 0. The number of pyridine rings is 1. The van der Waals surface area contributed by atoms with Gasteiger partial charge in [-0.2, -0.15) is 0 Å². The number of nitrogens with one attached hydrogen (secondary N) is 1. The van der Waals surface area contributed by atoms with Gasteiger partial charge in [0.2, 0.25) is 0 Å². The topological polar surface area (TPSA) is 58.9 Å². The van der Waals surface area contributed by atoms with E-state index in [4.69, 9.17) is 18.0 Å². The number of benzene rings is 1. The van der Waals surface area contributed by atoms with Gasteiger partial charge in [0, 0.05) is 5.69 Å². The van der Waals surface area contributed by atoms with Crippen LogP contribution in [0.2, 0.25) is 0 Å². The Kier molecular flexibility index (Phi) is 3.58. The van der Waals surface area contributed by atoms with Gasteiger partial charge < -0.3 is 10.7 Å². The van der Waals surface area contributed by atoms with E-state index in [0.717, 1.165) is 17.7 Å². The molecule has 1 heterocycles. The van der Waals surface area contributed by atoms with Crippen molar-refractivity contribution in [3.05, 3.63) is 57.9 Å². The van der Waals surface area contributed by atoms with Crippen LogP contribution in [0.4, 0.5) is 0 Å². The maximum Gasteiger partial charge on any atom is 0.258 e. The van der Waals surface area contributed by atoms with Crippen molar-refractivity contribution in [2.24, 2.45) is 5.73 Å². The molecule has 2 aromatic rings. The highest BCUT2D eigenvalue weighted by Gasteiger charge is 2.05. The van der Waals surface area contributed by atoms with Crippen LogP contribution in [-0.2, 0) is 6.42 Å². The fourth-order valence-corrected chi connectivity index (χ4v) is 1.92. The number of aryl methyl sites for hydroxylation is 1. The number of rotatable bonds is 3. The van der Waals surface area contributed by atoms with Gasteiger partial charge in [0.25, 0.3) is 5.56 Å². The summed E-state index contributed by atoms with van der Waals surface area (Å²) in [5, 5.41) is 0. The molecule has 0 bridgehead atoms. The molecule has 18 heavy (non-hydrogen) atoms. The van der Waals surface area contributed by atoms with Gasteiger partial charge in [-0.1, -0.05) is 43.4 Å². The van der Waals surface area contributed by atoms with Crippen LogP contribution in [0.25, 0.3) is 11.3 Å². The lowest BCUT2D eigenvalue weighted by atomic mass is 10.1. The molecule has 0 saturated carbocycles. The first-order valence-electron chi connectivity index (χ1n) is 5.74. The van der Waals surface area contributed by atoms with Crippen molar-refractivity contribution >= 4 is 17.2 Å². The molecule has 92 valence electrons. The van der Waals surface area contributed by atoms with Crippen LogP contribution in [0.5, 0.6) is 0 Å². The van der Waals surface area contributed by atoms with E-state index in [0.29, 0.717) is 5.56 Å². The second-order valence-electron chi connectivity index (χ2n) is 4.03. The van der Waals surface area contributed by atoms with Crippen molar-refractivity contribution in [3.8, 4) is 11.3 Å².